The monoisotopic (exact) mass is 329 g/mol. The Kier molecular flexibility index (Phi) is 4.99. The topological polar surface area (TPSA) is 102 Å². The molecule has 1 unspecified atom stereocenters. The van der Waals surface area contributed by atoms with Crippen LogP contribution < -0.4 is 10.1 Å². The van der Waals surface area contributed by atoms with Gasteiger partial charge in [-0.3, -0.25) is 10.1 Å². The fraction of sp³-hybridized carbons (Fsp3) is 0.538. The fourth-order valence-corrected chi connectivity index (χ4v) is 4.26. The van der Waals surface area contributed by atoms with E-state index in [1.54, 1.807) is 0 Å². The molecule has 0 amide bonds. The summed E-state index contributed by atoms with van der Waals surface area (Å²) in [6, 6.07) is 3.54. The van der Waals surface area contributed by atoms with Gasteiger partial charge in [0, 0.05) is 19.2 Å². The second-order valence-corrected chi connectivity index (χ2v) is 7.07. The quantitative estimate of drug-likeness (QED) is 0.613. The van der Waals surface area contributed by atoms with Crippen molar-refractivity contribution >= 4 is 15.7 Å². The zero-order valence-corrected chi connectivity index (χ0v) is 13.3. The summed E-state index contributed by atoms with van der Waals surface area (Å²) in [7, 11) is -0.590. The standard InChI is InChI=1S/C13H19N3O5S/c1-14-8-10-5-6-15(9-10)22(19,20)13-4-3-11(16(17)18)7-12(13)21-2/h3-4,7,10,14H,5-6,8-9H2,1-2H3. The molecule has 0 aromatic heterocycles. The molecule has 1 saturated heterocycles. The third-order valence-corrected chi connectivity index (χ3v) is 5.62. The van der Waals surface area contributed by atoms with Crippen LogP contribution in [0, 0.1) is 16.0 Å². The van der Waals surface area contributed by atoms with Crippen molar-refractivity contribution in [3.63, 3.8) is 0 Å². The van der Waals surface area contributed by atoms with Crippen LogP contribution in [0.2, 0.25) is 0 Å². The third kappa shape index (κ3) is 3.21. The maximum atomic E-state index is 12.7. The van der Waals surface area contributed by atoms with Crippen LogP contribution in [-0.4, -0.2) is 51.4 Å². The van der Waals surface area contributed by atoms with Crippen molar-refractivity contribution in [3.8, 4) is 5.75 Å². The van der Waals surface area contributed by atoms with Crippen LogP contribution in [-0.2, 0) is 10.0 Å². The molecule has 1 aromatic rings. The summed E-state index contributed by atoms with van der Waals surface area (Å²) in [4.78, 5) is 10.2. The summed E-state index contributed by atoms with van der Waals surface area (Å²) in [5.74, 6) is 0.259. The average Bonchev–Trinajstić information content (AvgIpc) is 2.96. The number of nitro groups is 1. The Morgan fingerprint density at radius 3 is 2.82 bits per heavy atom. The van der Waals surface area contributed by atoms with Gasteiger partial charge >= 0.3 is 0 Å². The van der Waals surface area contributed by atoms with Gasteiger partial charge in [0.2, 0.25) is 10.0 Å². The molecule has 0 saturated carbocycles. The molecule has 1 fully saturated rings. The Morgan fingerprint density at radius 1 is 1.50 bits per heavy atom. The first-order valence-electron chi connectivity index (χ1n) is 6.87. The second kappa shape index (κ2) is 6.59. The zero-order chi connectivity index (χ0) is 16.3. The maximum Gasteiger partial charge on any atom is 0.273 e. The number of benzene rings is 1. The Balaban J connectivity index is 2.32. The van der Waals surface area contributed by atoms with E-state index >= 15 is 0 Å². The smallest absolute Gasteiger partial charge is 0.273 e. The van der Waals surface area contributed by atoms with Crippen molar-refractivity contribution in [1.29, 1.82) is 0 Å². The summed E-state index contributed by atoms with van der Waals surface area (Å²) < 4.78 is 31.8. The highest BCUT2D eigenvalue weighted by Gasteiger charge is 2.34. The number of hydrogen-bond acceptors (Lipinski definition) is 6. The van der Waals surface area contributed by atoms with Gasteiger partial charge in [0.1, 0.15) is 10.6 Å². The molecule has 1 aromatic carbocycles. The lowest BCUT2D eigenvalue weighted by molar-refractivity contribution is -0.385. The number of sulfonamides is 1. The van der Waals surface area contributed by atoms with Gasteiger partial charge in [-0.05, 0) is 32.0 Å². The molecule has 122 valence electrons. The SMILES string of the molecule is CNCC1CCN(S(=O)(=O)c2ccc([N+](=O)[O-])cc2OC)C1. The molecule has 0 bridgehead atoms. The lowest BCUT2D eigenvalue weighted by Crippen LogP contribution is -2.30. The lowest BCUT2D eigenvalue weighted by atomic mass is 10.1. The molecule has 8 nitrogen and oxygen atoms in total. The van der Waals surface area contributed by atoms with Crippen molar-refractivity contribution in [2.24, 2.45) is 5.92 Å². The normalized spacial score (nSPS) is 19.3. The van der Waals surface area contributed by atoms with E-state index in [1.807, 2.05) is 7.05 Å². The van der Waals surface area contributed by atoms with Crippen LogP contribution in [0.5, 0.6) is 5.75 Å². The highest BCUT2D eigenvalue weighted by molar-refractivity contribution is 7.89. The van der Waals surface area contributed by atoms with Gasteiger partial charge in [-0.15, -0.1) is 0 Å². The van der Waals surface area contributed by atoms with Crippen molar-refractivity contribution in [3.05, 3.63) is 28.3 Å². The molecule has 1 aliphatic heterocycles. The summed E-state index contributed by atoms with van der Waals surface area (Å²) in [6.07, 6.45) is 0.787. The first-order chi connectivity index (χ1) is 10.4. The van der Waals surface area contributed by atoms with E-state index < -0.39 is 14.9 Å². The van der Waals surface area contributed by atoms with Crippen LogP contribution in [0.25, 0.3) is 0 Å². The van der Waals surface area contributed by atoms with E-state index in [9.17, 15) is 18.5 Å². The summed E-state index contributed by atoms with van der Waals surface area (Å²) in [5, 5.41) is 13.8. The largest absolute Gasteiger partial charge is 0.495 e. The maximum absolute atomic E-state index is 12.7. The Labute approximate surface area is 129 Å². The van der Waals surface area contributed by atoms with E-state index in [2.05, 4.69) is 5.32 Å². The zero-order valence-electron chi connectivity index (χ0n) is 12.5. The van der Waals surface area contributed by atoms with E-state index in [0.717, 1.165) is 19.0 Å². The number of methoxy groups -OCH3 is 1. The highest BCUT2D eigenvalue weighted by Crippen LogP contribution is 2.32. The summed E-state index contributed by atoms with van der Waals surface area (Å²) in [5.41, 5.74) is -0.203. The molecule has 1 atom stereocenters. The van der Waals surface area contributed by atoms with Gasteiger partial charge in [-0.1, -0.05) is 0 Å². The van der Waals surface area contributed by atoms with Gasteiger partial charge in [0.25, 0.3) is 5.69 Å². The fourth-order valence-electron chi connectivity index (χ4n) is 2.59. The number of hydrogen-bond donors (Lipinski definition) is 1. The molecule has 1 heterocycles. The van der Waals surface area contributed by atoms with Gasteiger partial charge in [-0.25, -0.2) is 8.42 Å². The van der Waals surface area contributed by atoms with Crippen LogP contribution in [0.4, 0.5) is 5.69 Å². The predicted molar refractivity (Wildman–Crippen MR) is 80.4 cm³/mol. The van der Waals surface area contributed by atoms with Crippen molar-refractivity contribution < 1.29 is 18.1 Å². The Bertz CT molecular complexity index is 662. The Hall–Kier alpha value is -1.71. The molecule has 0 radical (unpaired) electrons. The molecule has 9 heteroatoms. The lowest BCUT2D eigenvalue weighted by Gasteiger charge is -2.18. The summed E-state index contributed by atoms with van der Waals surface area (Å²) in [6.45, 7) is 1.63. The van der Waals surface area contributed by atoms with Crippen LogP contribution in [0.1, 0.15) is 6.42 Å². The summed E-state index contributed by atoms with van der Waals surface area (Å²) >= 11 is 0. The molecule has 22 heavy (non-hydrogen) atoms. The minimum absolute atomic E-state index is 0.00809. The first kappa shape index (κ1) is 16.7. The molecular weight excluding hydrogens is 310 g/mol. The van der Waals surface area contributed by atoms with Crippen molar-refractivity contribution in [2.75, 3.05) is 33.8 Å². The number of non-ortho nitro benzene ring substituents is 1. The van der Waals surface area contributed by atoms with Crippen LogP contribution in [0.3, 0.4) is 0 Å². The predicted octanol–water partition coefficient (Wildman–Crippen LogP) is 0.833. The number of nitrogens with zero attached hydrogens (tertiary/aromatic N) is 2. The van der Waals surface area contributed by atoms with Crippen LogP contribution >= 0.6 is 0 Å². The third-order valence-electron chi connectivity index (χ3n) is 3.72. The minimum Gasteiger partial charge on any atom is -0.495 e. The van der Waals surface area contributed by atoms with Gasteiger partial charge < -0.3 is 10.1 Å². The van der Waals surface area contributed by atoms with Gasteiger partial charge in [0.05, 0.1) is 18.1 Å². The minimum atomic E-state index is -3.72. The first-order valence-corrected chi connectivity index (χ1v) is 8.31. The van der Waals surface area contributed by atoms with Crippen molar-refractivity contribution in [1.82, 2.24) is 9.62 Å². The number of nitrogens with one attached hydrogen (secondary N) is 1. The second-order valence-electron chi connectivity index (χ2n) is 5.17. The van der Waals surface area contributed by atoms with E-state index in [4.69, 9.17) is 4.74 Å². The number of ether oxygens (including phenoxy) is 1. The number of nitro benzene ring substituents is 1. The van der Waals surface area contributed by atoms with E-state index in [1.165, 1.54) is 23.5 Å². The highest BCUT2D eigenvalue weighted by atomic mass is 32.2. The number of rotatable bonds is 6. The molecule has 2 rings (SSSR count). The molecular formula is C13H19N3O5S. The Morgan fingerprint density at radius 2 is 2.23 bits per heavy atom. The van der Waals surface area contributed by atoms with E-state index in [0.29, 0.717) is 13.1 Å². The molecule has 0 spiro atoms. The van der Waals surface area contributed by atoms with Crippen LogP contribution in [0.15, 0.2) is 23.1 Å². The molecule has 1 N–H and O–H groups in total. The van der Waals surface area contributed by atoms with E-state index in [-0.39, 0.29) is 22.3 Å². The average molecular weight is 329 g/mol. The van der Waals surface area contributed by atoms with Gasteiger partial charge in [-0.2, -0.15) is 4.31 Å². The van der Waals surface area contributed by atoms with Crippen molar-refractivity contribution in [2.45, 2.75) is 11.3 Å². The molecule has 0 aliphatic carbocycles. The van der Waals surface area contributed by atoms with Gasteiger partial charge in [0.15, 0.2) is 0 Å². The molecule has 1 aliphatic rings.